The molecule has 4 nitrogen and oxygen atoms in total. The molecule has 2 aromatic heterocycles. The Bertz CT molecular complexity index is 519. The summed E-state index contributed by atoms with van der Waals surface area (Å²) in [5, 5.41) is 4.55. The van der Waals surface area contributed by atoms with Crippen LogP contribution in [0.4, 0.5) is 0 Å². The summed E-state index contributed by atoms with van der Waals surface area (Å²) in [4.78, 5) is 4.60. The Balaban J connectivity index is 1.95. The van der Waals surface area contributed by atoms with Gasteiger partial charge in [0.25, 0.3) is 0 Å². The number of nitrogens with zero attached hydrogens (tertiary/aromatic N) is 3. The topological polar surface area (TPSA) is 39.4 Å². The maximum absolute atomic E-state index is 5.19. The van der Waals surface area contributed by atoms with Gasteiger partial charge in [-0.15, -0.1) is 0 Å². The van der Waals surface area contributed by atoms with Crippen LogP contribution in [0.25, 0.3) is 5.65 Å². The molecular formula is C12H15N3OS. The first-order valence-corrected chi connectivity index (χ1v) is 7.00. The fourth-order valence-electron chi connectivity index (χ4n) is 2.12. The van der Waals surface area contributed by atoms with E-state index in [-0.39, 0.29) is 0 Å². The van der Waals surface area contributed by atoms with Crippen LogP contribution in [0, 0.1) is 0 Å². The molecule has 1 aliphatic heterocycles. The number of rotatable bonds is 2. The zero-order valence-electron chi connectivity index (χ0n) is 9.80. The van der Waals surface area contributed by atoms with Gasteiger partial charge >= 0.3 is 0 Å². The van der Waals surface area contributed by atoms with Crippen molar-refractivity contribution >= 4 is 17.4 Å². The summed E-state index contributed by atoms with van der Waals surface area (Å²) >= 11 is 2.00. The van der Waals surface area contributed by atoms with Gasteiger partial charge in [0.1, 0.15) is 5.75 Å². The maximum atomic E-state index is 5.19. The van der Waals surface area contributed by atoms with Crippen molar-refractivity contribution in [3.05, 3.63) is 24.2 Å². The van der Waals surface area contributed by atoms with E-state index in [0.29, 0.717) is 5.92 Å². The number of hydrogen-bond acceptors (Lipinski definition) is 4. The third-order valence-electron chi connectivity index (χ3n) is 3.09. The molecule has 90 valence electrons. The minimum atomic E-state index is 0.514. The van der Waals surface area contributed by atoms with Crippen LogP contribution >= 0.6 is 11.8 Å². The smallest absolute Gasteiger partial charge is 0.159 e. The molecule has 1 atom stereocenters. The fourth-order valence-corrected chi connectivity index (χ4v) is 3.26. The van der Waals surface area contributed by atoms with Gasteiger partial charge in [-0.05, 0) is 24.7 Å². The molecule has 0 amide bonds. The summed E-state index contributed by atoms with van der Waals surface area (Å²) in [6, 6.07) is 3.83. The van der Waals surface area contributed by atoms with Crippen molar-refractivity contribution in [3.8, 4) is 5.75 Å². The first-order chi connectivity index (χ1) is 8.36. The second-order valence-electron chi connectivity index (χ2n) is 4.25. The number of pyridine rings is 1. The van der Waals surface area contributed by atoms with Gasteiger partial charge in [0, 0.05) is 23.9 Å². The minimum absolute atomic E-state index is 0.514. The Morgan fingerprint density at radius 1 is 1.53 bits per heavy atom. The van der Waals surface area contributed by atoms with Crippen LogP contribution in [0.2, 0.25) is 0 Å². The van der Waals surface area contributed by atoms with Gasteiger partial charge in [-0.1, -0.05) is 0 Å². The molecule has 0 spiro atoms. The minimum Gasteiger partial charge on any atom is -0.497 e. The van der Waals surface area contributed by atoms with E-state index in [9.17, 15) is 0 Å². The van der Waals surface area contributed by atoms with Gasteiger partial charge in [0.2, 0.25) is 0 Å². The molecule has 17 heavy (non-hydrogen) atoms. The highest BCUT2D eigenvalue weighted by Crippen LogP contribution is 2.29. The summed E-state index contributed by atoms with van der Waals surface area (Å²) < 4.78 is 7.02. The second-order valence-corrected chi connectivity index (χ2v) is 5.40. The van der Waals surface area contributed by atoms with E-state index in [4.69, 9.17) is 4.74 Å². The zero-order valence-corrected chi connectivity index (χ0v) is 10.6. The van der Waals surface area contributed by atoms with E-state index in [1.54, 1.807) is 7.11 Å². The maximum Gasteiger partial charge on any atom is 0.159 e. The summed E-state index contributed by atoms with van der Waals surface area (Å²) in [7, 11) is 1.67. The monoisotopic (exact) mass is 249 g/mol. The van der Waals surface area contributed by atoms with Crippen LogP contribution in [0.3, 0.4) is 0 Å². The number of hydrogen-bond donors (Lipinski definition) is 0. The quantitative estimate of drug-likeness (QED) is 0.819. The summed E-state index contributed by atoms with van der Waals surface area (Å²) in [5.41, 5.74) is 0.870. The van der Waals surface area contributed by atoms with Crippen molar-refractivity contribution in [1.82, 2.24) is 14.6 Å². The van der Waals surface area contributed by atoms with Gasteiger partial charge in [0.15, 0.2) is 11.5 Å². The zero-order chi connectivity index (χ0) is 11.7. The first-order valence-electron chi connectivity index (χ1n) is 5.85. The third kappa shape index (κ3) is 2.11. The predicted molar refractivity (Wildman–Crippen MR) is 68.8 cm³/mol. The standard InChI is InChI=1S/C12H15N3OS/c1-16-10-4-5-15-11(7-10)13-12(14-15)9-3-2-6-17-8-9/h4-5,7,9H,2-3,6,8H2,1H3. The van der Waals surface area contributed by atoms with E-state index in [1.807, 2.05) is 34.6 Å². The predicted octanol–water partition coefficient (Wildman–Crippen LogP) is 2.35. The van der Waals surface area contributed by atoms with Crippen molar-refractivity contribution in [2.24, 2.45) is 0 Å². The Kier molecular flexibility index (Phi) is 2.93. The Morgan fingerprint density at radius 3 is 3.24 bits per heavy atom. The van der Waals surface area contributed by atoms with Crippen LogP contribution in [0.1, 0.15) is 24.6 Å². The molecule has 1 unspecified atom stereocenters. The van der Waals surface area contributed by atoms with Gasteiger partial charge in [-0.3, -0.25) is 0 Å². The Labute approximate surface area is 104 Å². The van der Waals surface area contributed by atoms with Crippen LogP contribution in [-0.2, 0) is 0 Å². The molecule has 5 heteroatoms. The first kappa shape index (κ1) is 10.9. The molecular weight excluding hydrogens is 234 g/mol. The van der Waals surface area contributed by atoms with Crippen LogP contribution in [0.15, 0.2) is 18.3 Å². The van der Waals surface area contributed by atoms with E-state index in [0.717, 1.165) is 23.0 Å². The average molecular weight is 249 g/mol. The molecule has 2 aromatic rings. The van der Waals surface area contributed by atoms with Gasteiger partial charge in [0.05, 0.1) is 7.11 Å². The molecule has 1 saturated heterocycles. The van der Waals surface area contributed by atoms with E-state index >= 15 is 0 Å². The molecule has 1 aliphatic rings. The highest BCUT2D eigenvalue weighted by Gasteiger charge is 2.20. The molecule has 0 aliphatic carbocycles. The SMILES string of the molecule is COc1ccn2nc(C3CCCSC3)nc2c1. The number of thioether (sulfide) groups is 1. The second kappa shape index (κ2) is 4.56. The molecule has 1 fully saturated rings. The molecule has 0 aromatic carbocycles. The fraction of sp³-hybridized carbons (Fsp3) is 0.500. The van der Waals surface area contributed by atoms with Crippen molar-refractivity contribution < 1.29 is 4.74 Å². The Hall–Kier alpha value is -1.23. The highest BCUT2D eigenvalue weighted by molar-refractivity contribution is 7.99. The molecule has 3 heterocycles. The number of fused-ring (bicyclic) bond motifs is 1. The van der Waals surface area contributed by atoms with Crippen molar-refractivity contribution in [2.75, 3.05) is 18.6 Å². The van der Waals surface area contributed by atoms with Gasteiger partial charge in [-0.25, -0.2) is 9.50 Å². The molecule has 3 rings (SSSR count). The summed E-state index contributed by atoms with van der Waals surface area (Å²) in [6.45, 7) is 0. The van der Waals surface area contributed by atoms with Crippen LogP contribution in [0.5, 0.6) is 5.75 Å². The molecule has 0 radical (unpaired) electrons. The van der Waals surface area contributed by atoms with Crippen molar-refractivity contribution in [2.45, 2.75) is 18.8 Å². The van der Waals surface area contributed by atoms with Crippen LogP contribution in [-0.4, -0.2) is 33.2 Å². The van der Waals surface area contributed by atoms with Gasteiger partial charge < -0.3 is 4.74 Å². The lowest BCUT2D eigenvalue weighted by Crippen LogP contribution is -2.10. The highest BCUT2D eigenvalue weighted by atomic mass is 32.2. The summed E-state index contributed by atoms with van der Waals surface area (Å²) in [5.74, 6) is 4.74. The molecule has 0 saturated carbocycles. The number of aromatic nitrogens is 3. The number of ether oxygens (including phenoxy) is 1. The molecule has 0 bridgehead atoms. The lowest BCUT2D eigenvalue weighted by Gasteiger charge is -2.17. The largest absolute Gasteiger partial charge is 0.497 e. The van der Waals surface area contributed by atoms with Crippen LogP contribution < -0.4 is 4.74 Å². The van der Waals surface area contributed by atoms with Crippen molar-refractivity contribution in [1.29, 1.82) is 0 Å². The van der Waals surface area contributed by atoms with Crippen molar-refractivity contribution in [3.63, 3.8) is 0 Å². The van der Waals surface area contributed by atoms with E-state index in [1.165, 1.54) is 18.6 Å². The van der Waals surface area contributed by atoms with Gasteiger partial charge in [-0.2, -0.15) is 16.9 Å². The number of methoxy groups -OCH3 is 1. The average Bonchev–Trinajstić information content (AvgIpc) is 2.82. The molecule has 0 N–H and O–H groups in total. The lowest BCUT2D eigenvalue weighted by atomic mass is 10.1. The summed E-state index contributed by atoms with van der Waals surface area (Å²) in [6.07, 6.45) is 4.38. The van der Waals surface area contributed by atoms with E-state index in [2.05, 4.69) is 10.1 Å². The lowest BCUT2D eigenvalue weighted by molar-refractivity contribution is 0.414. The third-order valence-corrected chi connectivity index (χ3v) is 4.30. The normalized spacial score (nSPS) is 20.6. The van der Waals surface area contributed by atoms with E-state index < -0.39 is 0 Å². The Morgan fingerprint density at radius 2 is 2.47 bits per heavy atom.